The fourth-order valence-electron chi connectivity index (χ4n) is 1.51. The molecule has 0 spiro atoms. The lowest BCUT2D eigenvalue weighted by atomic mass is 10.1. The third kappa shape index (κ3) is 3.52. The molecule has 1 rings (SSSR count). The number of hydrogen-bond donors (Lipinski definition) is 0. The lowest BCUT2D eigenvalue weighted by molar-refractivity contribution is 0.534. The minimum atomic E-state index is 0.548. The highest BCUT2D eigenvalue weighted by Crippen LogP contribution is 2.11. The van der Waals surface area contributed by atoms with E-state index >= 15 is 0 Å². The zero-order chi connectivity index (χ0) is 10.4. The van der Waals surface area contributed by atoms with Gasteiger partial charge in [0.05, 0.1) is 5.69 Å². The van der Waals surface area contributed by atoms with E-state index < -0.39 is 0 Å². The van der Waals surface area contributed by atoms with Crippen molar-refractivity contribution < 1.29 is 0 Å². The molecule has 0 amide bonds. The molecule has 2 heteroatoms. The van der Waals surface area contributed by atoms with Crippen LogP contribution in [0.4, 0.5) is 0 Å². The summed E-state index contributed by atoms with van der Waals surface area (Å²) in [6.07, 6.45) is 7.33. The Bertz CT molecular complexity index is 251. The summed E-state index contributed by atoms with van der Waals surface area (Å²) in [5, 5.41) is 4.52. The molecule has 0 N–H and O–H groups in total. The van der Waals surface area contributed by atoms with Gasteiger partial charge in [-0.3, -0.25) is 4.68 Å². The van der Waals surface area contributed by atoms with Gasteiger partial charge in [0.25, 0.3) is 0 Å². The second kappa shape index (κ2) is 5.84. The molecule has 80 valence electrons. The Morgan fingerprint density at radius 1 is 1.29 bits per heavy atom. The topological polar surface area (TPSA) is 17.8 Å². The van der Waals surface area contributed by atoms with Crippen molar-refractivity contribution in [3.63, 3.8) is 0 Å². The Balaban J connectivity index is 2.29. The maximum absolute atomic E-state index is 4.52. The van der Waals surface area contributed by atoms with Gasteiger partial charge in [-0.15, -0.1) is 0 Å². The Labute approximate surface area is 87.3 Å². The minimum absolute atomic E-state index is 0.548. The van der Waals surface area contributed by atoms with E-state index in [4.69, 9.17) is 0 Å². The summed E-state index contributed by atoms with van der Waals surface area (Å²) in [7, 11) is 0. The first-order valence-corrected chi connectivity index (χ1v) is 5.77. The lowest BCUT2D eigenvalue weighted by Gasteiger charge is -2.01. The Kier molecular flexibility index (Phi) is 4.71. The molecule has 2 nitrogen and oxygen atoms in total. The quantitative estimate of drug-likeness (QED) is 0.633. The first-order chi connectivity index (χ1) is 6.74. The van der Waals surface area contributed by atoms with Crippen LogP contribution in [0.25, 0.3) is 0 Å². The first kappa shape index (κ1) is 11.3. The number of rotatable bonds is 6. The Morgan fingerprint density at radius 2 is 2.07 bits per heavy atom. The van der Waals surface area contributed by atoms with Crippen LogP contribution in [0.15, 0.2) is 12.3 Å². The third-order valence-electron chi connectivity index (χ3n) is 2.49. The van der Waals surface area contributed by atoms with Crippen LogP contribution < -0.4 is 0 Å². The van der Waals surface area contributed by atoms with Gasteiger partial charge >= 0.3 is 0 Å². The van der Waals surface area contributed by atoms with Crippen molar-refractivity contribution >= 4 is 0 Å². The molecular weight excluding hydrogens is 172 g/mol. The van der Waals surface area contributed by atoms with Crippen LogP contribution in [0, 0.1) is 0 Å². The third-order valence-corrected chi connectivity index (χ3v) is 2.49. The van der Waals surface area contributed by atoms with E-state index in [9.17, 15) is 0 Å². The van der Waals surface area contributed by atoms with Crippen molar-refractivity contribution in [2.75, 3.05) is 0 Å². The van der Waals surface area contributed by atoms with Crippen molar-refractivity contribution in [3.05, 3.63) is 18.0 Å². The normalized spacial score (nSPS) is 11.1. The standard InChI is InChI=1S/C12H22N2/c1-4-5-6-7-9-14-10-8-12(13-14)11(2)3/h8,10-11H,4-7,9H2,1-3H3. The summed E-state index contributed by atoms with van der Waals surface area (Å²) in [6.45, 7) is 7.69. The molecule has 0 aliphatic heterocycles. The van der Waals surface area contributed by atoms with Crippen molar-refractivity contribution in [1.82, 2.24) is 9.78 Å². The zero-order valence-electron chi connectivity index (χ0n) is 9.66. The molecule has 1 heterocycles. The number of unbranched alkanes of at least 4 members (excludes halogenated alkanes) is 3. The molecular formula is C12H22N2. The van der Waals surface area contributed by atoms with E-state index in [1.54, 1.807) is 0 Å². The molecule has 0 aliphatic rings. The van der Waals surface area contributed by atoms with Gasteiger partial charge in [-0.25, -0.2) is 0 Å². The Morgan fingerprint density at radius 3 is 2.64 bits per heavy atom. The van der Waals surface area contributed by atoms with E-state index in [1.165, 1.54) is 31.4 Å². The molecule has 1 aromatic heterocycles. The molecule has 14 heavy (non-hydrogen) atoms. The van der Waals surface area contributed by atoms with E-state index in [1.807, 2.05) is 0 Å². The highest BCUT2D eigenvalue weighted by atomic mass is 15.3. The summed E-state index contributed by atoms with van der Waals surface area (Å²) < 4.78 is 2.07. The van der Waals surface area contributed by atoms with Crippen molar-refractivity contribution in [2.45, 2.75) is 58.9 Å². The first-order valence-electron chi connectivity index (χ1n) is 5.77. The second-order valence-corrected chi connectivity index (χ2v) is 4.22. The SMILES string of the molecule is CCCCCCn1ccc(C(C)C)n1. The second-order valence-electron chi connectivity index (χ2n) is 4.22. The number of hydrogen-bond acceptors (Lipinski definition) is 1. The van der Waals surface area contributed by atoms with Crippen molar-refractivity contribution in [1.29, 1.82) is 0 Å². The van der Waals surface area contributed by atoms with Gasteiger partial charge < -0.3 is 0 Å². The van der Waals surface area contributed by atoms with E-state index in [-0.39, 0.29) is 0 Å². The molecule has 0 aliphatic carbocycles. The number of aryl methyl sites for hydroxylation is 1. The monoisotopic (exact) mass is 194 g/mol. The summed E-state index contributed by atoms with van der Waals surface area (Å²) in [6, 6.07) is 2.13. The van der Waals surface area contributed by atoms with Crippen molar-refractivity contribution in [3.8, 4) is 0 Å². The summed E-state index contributed by atoms with van der Waals surface area (Å²) in [5.74, 6) is 0.548. The maximum atomic E-state index is 4.52. The highest BCUT2D eigenvalue weighted by Gasteiger charge is 2.02. The molecule has 1 aromatic rings. The molecule has 0 aromatic carbocycles. The number of aromatic nitrogens is 2. The minimum Gasteiger partial charge on any atom is -0.272 e. The largest absolute Gasteiger partial charge is 0.272 e. The Hall–Kier alpha value is -0.790. The summed E-state index contributed by atoms with van der Waals surface area (Å²) >= 11 is 0. The van der Waals surface area contributed by atoms with Crippen LogP contribution in [-0.2, 0) is 6.54 Å². The smallest absolute Gasteiger partial charge is 0.0649 e. The molecule has 0 saturated carbocycles. The maximum Gasteiger partial charge on any atom is 0.0649 e. The van der Waals surface area contributed by atoms with Crippen LogP contribution in [-0.4, -0.2) is 9.78 Å². The summed E-state index contributed by atoms with van der Waals surface area (Å²) in [5.41, 5.74) is 1.21. The van der Waals surface area contributed by atoms with Crippen LogP contribution in [0.1, 0.15) is 58.1 Å². The van der Waals surface area contributed by atoms with Gasteiger partial charge in [0.15, 0.2) is 0 Å². The fraction of sp³-hybridized carbons (Fsp3) is 0.750. The lowest BCUT2D eigenvalue weighted by Crippen LogP contribution is -2.00. The van der Waals surface area contributed by atoms with Crippen molar-refractivity contribution in [2.24, 2.45) is 0 Å². The van der Waals surface area contributed by atoms with E-state index in [0.29, 0.717) is 5.92 Å². The van der Waals surface area contributed by atoms with E-state index in [0.717, 1.165) is 6.54 Å². The van der Waals surface area contributed by atoms with Crippen LogP contribution in [0.3, 0.4) is 0 Å². The van der Waals surface area contributed by atoms with Gasteiger partial charge in [0.2, 0.25) is 0 Å². The van der Waals surface area contributed by atoms with Gasteiger partial charge in [0, 0.05) is 12.7 Å². The van der Waals surface area contributed by atoms with Gasteiger partial charge in [0.1, 0.15) is 0 Å². The molecule has 0 unspecified atom stereocenters. The molecule has 0 saturated heterocycles. The zero-order valence-corrected chi connectivity index (χ0v) is 9.66. The molecule has 0 radical (unpaired) electrons. The van der Waals surface area contributed by atoms with Gasteiger partial charge in [-0.1, -0.05) is 40.0 Å². The summed E-state index contributed by atoms with van der Waals surface area (Å²) in [4.78, 5) is 0. The molecule has 0 fully saturated rings. The fourth-order valence-corrected chi connectivity index (χ4v) is 1.51. The van der Waals surface area contributed by atoms with Crippen LogP contribution >= 0.6 is 0 Å². The predicted octanol–water partition coefficient (Wildman–Crippen LogP) is 3.59. The average Bonchev–Trinajstić information content (AvgIpc) is 2.61. The number of nitrogens with zero attached hydrogens (tertiary/aromatic N) is 2. The highest BCUT2D eigenvalue weighted by molar-refractivity contribution is 5.03. The predicted molar refractivity (Wildman–Crippen MR) is 60.5 cm³/mol. The molecule has 0 atom stereocenters. The van der Waals surface area contributed by atoms with E-state index in [2.05, 4.69) is 42.8 Å². The molecule has 0 bridgehead atoms. The van der Waals surface area contributed by atoms with Crippen LogP contribution in [0.2, 0.25) is 0 Å². The van der Waals surface area contributed by atoms with Gasteiger partial charge in [-0.05, 0) is 18.4 Å². The average molecular weight is 194 g/mol. The van der Waals surface area contributed by atoms with Gasteiger partial charge in [-0.2, -0.15) is 5.10 Å². The van der Waals surface area contributed by atoms with Crippen LogP contribution in [0.5, 0.6) is 0 Å².